The second-order valence-electron chi connectivity index (χ2n) is 6.93. The smallest absolute Gasteiger partial charge is 0.191 e. The Morgan fingerprint density at radius 3 is 2.46 bits per heavy atom. The summed E-state index contributed by atoms with van der Waals surface area (Å²) in [4.78, 5) is 7.10. The highest BCUT2D eigenvalue weighted by molar-refractivity contribution is 14.0. The molecule has 1 aliphatic carbocycles. The van der Waals surface area contributed by atoms with Crippen molar-refractivity contribution in [2.45, 2.75) is 52.4 Å². The maximum absolute atomic E-state index is 5.59. The lowest BCUT2D eigenvalue weighted by Gasteiger charge is -2.27. The van der Waals surface area contributed by atoms with Crippen molar-refractivity contribution in [3.63, 3.8) is 0 Å². The van der Waals surface area contributed by atoms with Gasteiger partial charge in [0.25, 0.3) is 0 Å². The van der Waals surface area contributed by atoms with Crippen LogP contribution in [-0.2, 0) is 4.74 Å². The number of hydrogen-bond donors (Lipinski definition) is 2. The van der Waals surface area contributed by atoms with Crippen LogP contribution in [0.3, 0.4) is 0 Å². The first kappa shape index (κ1) is 23.9. The molecule has 0 aromatic heterocycles. The molecule has 5 nitrogen and oxygen atoms in total. The SMILES string of the molecule is CCNC(=NCC1(CCOCC)CCCC1)NCCCN(C)C.I. The third kappa shape index (κ3) is 10.0. The van der Waals surface area contributed by atoms with Crippen molar-refractivity contribution in [3.05, 3.63) is 0 Å². The highest BCUT2D eigenvalue weighted by atomic mass is 127. The second-order valence-corrected chi connectivity index (χ2v) is 6.93. The molecule has 0 amide bonds. The number of rotatable bonds is 11. The molecule has 0 bridgehead atoms. The van der Waals surface area contributed by atoms with Gasteiger partial charge in [-0.1, -0.05) is 12.8 Å². The molecule has 0 atom stereocenters. The summed E-state index contributed by atoms with van der Waals surface area (Å²) in [5.41, 5.74) is 0.362. The highest BCUT2D eigenvalue weighted by Gasteiger charge is 2.33. The van der Waals surface area contributed by atoms with Crippen molar-refractivity contribution in [1.82, 2.24) is 15.5 Å². The van der Waals surface area contributed by atoms with E-state index in [0.717, 1.165) is 58.2 Å². The molecule has 0 unspecified atom stereocenters. The number of nitrogens with zero attached hydrogens (tertiary/aromatic N) is 2. The van der Waals surface area contributed by atoms with Crippen LogP contribution in [0.5, 0.6) is 0 Å². The number of aliphatic imine (C=N–C) groups is 1. The minimum atomic E-state index is 0. The van der Waals surface area contributed by atoms with E-state index in [2.05, 4.69) is 43.5 Å². The van der Waals surface area contributed by atoms with Crippen molar-refractivity contribution in [2.24, 2.45) is 10.4 Å². The van der Waals surface area contributed by atoms with E-state index in [9.17, 15) is 0 Å². The van der Waals surface area contributed by atoms with Crippen LogP contribution in [0.25, 0.3) is 0 Å². The minimum Gasteiger partial charge on any atom is -0.382 e. The van der Waals surface area contributed by atoms with Gasteiger partial charge in [-0.25, -0.2) is 0 Å². The maximum atomic E-state index is 5.59. The molecule has 1 rings (SSSR count). The lowest BCUT2D eigenvalue weighted by atomic mass is 9.83. The zero-order valence-corrected chi connectivity index (χ0v) is 18.5. The van der Waals surface area contributed by atoms with E-state index in [1.54, 1.807) is 0 Å². The van der Waals surface area contributed by atoms with Gasteiger partial charge in [-0.3, -0.25) is 4.99 Å². The molecule has 0 aliphatic heterocycles. The van der Waals surface area contributed by atoms with Gasteiger partial charge >= 0.3 is 0 Å². The fourth-order valence-electron chi connectivity index (χ4n) is 3.24. The summed E-state index contributed by atoms with van der Waals surface area (Å²) in [6.45, 7) is 9.78. The molecular weight excluding hydrogens is 415 g/mol. The number of hydrogen-bond acceptors (Lipinski definition) is 3. The van der Waals surface area contributed by atoms with Gasteiger partial charge in [-0.2, -0.15) is 0 Å². The van der Waals surface area contributed by atoms with Gasteiger partial charge in [-0.15, -0.1) is 24.0 Å². The summed E-state index contributed by atoms with van der Waals surface area (Å²) in [6, 6.07) is 0. The van der Waals surface area contributed by atoms with Gasteiger partial charge < -0.3 is 20.3 Å². The van der Waals surface area contributed by atoms with Crippen molar-refractivity contribution >= 4 is 29.9 Å². The zero-order chi connectivity index (χ0) is 17.0. The predicted octanol–water partition coefficient (Wildman–Crippen LogP) is 3.10. The summed E-state index contributed by atoms with van der Waals surface area (Å²) in [6.07, 6.45) is 7.55. The van der Waals surface area contributed by atoms with E-state index >= 15 is 0 Å². The van der Waals surface area contributed by atoms with Crippen LogP contribution in [0.4, 0.5) is 0 Å². The van der Waals surface area contributed by atoms with Crippen molar-refractivity contribution in [1.29, 1.82) is 0 Å². The molecular formula is C18H39IN4O. The Morgan fingerprint density at radius 2 is 1.88 bits per heavy atom. The molecule has 1 fully saturated rings. The predicted molar refractivity (Wildman–Crippen MR) is 115 cm³/mol. The monoisotopic (exact) mass is 454 g/mol. The topological polar surface area (TPSA) is 48.9 Å². The van der Waals surface area contributed by atoms with Crippen LogP contribution in [0.2, 0.25) is 0 Å². The normalized spacial score (nSPS) is 17.0. The molecule has 0 spiro atoms. The van der Waals surface area contributed by atoms with Gasteiger partial charge in [0.15, 0.2) is 5.96 Å². The quantitative estimate of drug-likeness (QED) is 0.218. The van der Waals surface area contributed by atoms with Gasteiger partial charge in [0.2, 0.25) is 0 Å². The van der Waals surface area contributed by atoms with Crippen molar-refractivity contribution in [3.8, 4) is 0 Å². The third-order valence-electron chi connectivity index (χ3n) is 4.64. The Kier molecular flexibility index (Phi) is 14.1. The lowest BCUT2D eigenvalue weighted by molar-refractivity contribution is 0.107. The number of nitrogens with one attached hydrogen (secondary N) is 2. The molecule has 144 valence electrons. The number of halogens is 1. The van der Waals surface area contributed by atoms with Crippen molar-refractivity contribution < 1.29 is 4.74 Å². The molecule has 0 saturated heterocycles. The molecule has 2 N–H and O–H groups in total. The minimum absolute atomic E-state index is 0. The zero-order valence-electron chi connectivity index (χ0n) is 16.2. The first-order valence-electron chi connectivity index (χ1n) is 9.36. The number of ether oxygens (including phenoxy) is 1. The van der Waals surface area contributed by atoms with E-state index in [-0.39, 0.29) is 24.0 Å². The van der Waals surface area contributed by atoms with Crippen molar-refractivity contribution in [2.75, 3.05) is 53.5 Å². The van der Waals surface area contributed by atoms with Gasteiger partial charge in [0.05, 0.1) is 0 Å². The Balaban J connectivity index is 0.00000529. The summed E-state index contributed by atoms with van der Waals surface area (Å²) >= 11 is 0. The van der Waals surface area contributed by atoms with E-state index in [1.807, 2.05) is 0 Å². The van der Waals surface area contributed by atoms with Gasteiger partial charge in [0, 0.05) is 32.8 Å². The summed E-state index contributed by atoms with van der Waals surface area (Å²) in [7, 11) is 4.23. The van der Waals surface area contributed by atoms with Crippen LogP contribution in [0, 0.1) is 5.41 Å². The molecule has 1 saturated carbocycles. The van der Waals surface area contributed by atoms with E-state index in [0.29, 0.717) is 5.41 Å². The van der Waals surface area contributed by atoms with E-state index in [4.69, 9.17) is 9.73 Å². The maximum Gasteiger partial charge on any atom is 0.191 e. The van der Waals surface area contributed by atoms with E-state index in [1.165, 1.54) is 25.7 Å². The average Bonchev–Trinajstić information content (AvgIpc) is 2.98. The first-order valence-corrected chi connectivity index (χ1v) is 9.36. The Bertz CT molecular complexity index is 331. The summed E-state index contributed by atoms with van der Waals surface area (Å²) in [5.74, 6) is 0.967. The molecule has 0 radical (unpaired) electrons. The fourth-order valence-corrected chi connectivity index (χ4v) is 3.24. The summed E-state index contributed by atoms with van der Waals surface area (Å²) < 4.78 is 5.59. The molecule has 0 aromatic carbocycles. The largest absolute Gasteiger partial charge is 0.382 e. The second kappa shape index (κ2) is 14.1. The van der Waals surface area contributed by atoms with Gasteiger partial charge in [0.1, 0.15) is 0 Å². The molecule has 24 heavy (non-hydrogen) atoms. The number of guanidine groups is 1. The van der Waals surface area contributed by atoms with E-state index < -0.39 is 0 Å². The van der Waals surface area contributed by atoms with Crippen LogP contribution in [0.15, 0.2) is 4.99 Å². The lowest BCUT2D eigenvalue weighted by Crippen LogP contribution is -2.39. The average molecular weight is 454 g/mol. The molecule has 0 aromatic rings. The Labute approximate surface area is 166 Å². The Hall–Kier alpha value is -0.0800. The highest BCUT2D eigenvalue weighted by Crippen LogP contribution is 2.41. The first-order chi connectivity index (χ1) is 11.1. The fraction of sp³-hybridized carbons (Fsp3) is 0.944. The molecule has 1 aliphatic rings. The van der Waals surface area contributed by atoms with Crippen LogP contribution < -0.4 is 10.6 Å². The molecule has 0 heterocycles. The Morgan fingerprint density at radius 1 is 1.17 bits per heavy atom. The van der Waals surface area contributed by atoms with Crippen LogP contribution >= 0.6 is 24.0 Å². The van der Waals surface area contributed by atoms with Crippen LogP contribution in [-0.4, -0.2) is 64.3 Å². The standard InChI is InChI=1S/C18H38N4O.HI/c1-5-19-17(20-13-9-14-22(3)4)21-16-18(10-7-8-11-18)12-15-23-6-2;/h5-16H2,1-4H3,(H2,19,20,21);1H. The third-order valence-corrected chi connectivity index (χ3v) is 4.64. The van der Waals surface area contributed by atoms with Crippen LogP contribution in [0.1, 0.15) is 52.4 Å². The summed E-state index contributed by atoms with van der Waals surface area (Å²) in [5, 5.41) is 6.84. The van der Waals surface area contributed by atoms with Gasteiger partial charge in [-0.05, 0) is 65.6 Å². The molecule has 6 heteroatoms.